The van der Waals surface area contributed by atoms with Gasteiger partial charge in [0.15, 0.2) is 0 Å². The second-order valence-electron chi connectivity index (χ2n) is 20.3. The maximum absolute atomic E-state index is 12.5. The molecule has 3 unspecified atom stereocenters. The van der Waals surface area contributed by atoms with Gasteiger partial charge in [-0.2, -0.15) is 0 Å². The number of carbonyl (C=O) groups excluding carboxylic acids is 1. The molecule has 0 heterocycles. The summed E-state index contributed by atoms with van der Waals surface area (Å²) in [4.78, 5) is 12.5. The Balaban J connectivity index is 3.51. The van der Waals surface area contributed by atoms with E-state index in [0.717, 1.165) is 32.1 Å². The maximum Gasteiger partial charge on any atom is 0.222 e. The van der Waals surface area contributed by atoms with E-state index in [1.165, 1.54) is 257 Å². The smallest absolute Gasteiger partial charge is 0.222 e. The minimum atomic E-state index is -0.749. The highest BCUT2D eigenvalue weighted by molar-refractivity contribution is 5.76. The summed E-state index contributed by atoms with van der Waals surface area (Å²) in [6.45, 7) is 4.30. The molecule has 3 atom stereocenters. The van der Waals surface area contributed by atoms with Crippen LogP contribution in [0.3, 0.4) is 0 Å². The Hall–Kier alpha value is -1.17. The summed E-state index contributed by atoms with van der Waals surface area (Å²) in [5.74, 6) is -0.278. The molecule has 0 radical (unpaired) electrons. The highest BCUT2D eigenvalue weighted by Crippen LogP contribution is 2.18. The van der Waals surface area contributed by atoms with Crippen molar-refractivity contribution in [2.24, 2.45) is 0 Å². The van der Waals surface area contributed by atoms with Crippen molar-refractivity contribution >= 4 is 5.91 Å². The fourth-order valence-corrected chi connectivity index (χ4v) is 9.32. The molecule has 64 heavy (non-hydrogen) atoms. The van der Waals surface area contributed by atoms with Crippen LogP contribution in [-0.2, 0) is 4.79 Å². The van der Waals surface area contributed by atoms with Crippen LogP contribution in [0.2, 0.25) is 0 Å². The predicted octanol–water partition coefficient (Wildman–Crippen LogP) is 18.1. The Kier molecular flexibility index (Phi) is 53.4. The number of aliphatic hydroxyl groups is 3. The van der Waals surface area contributed by atoms with Gasteiger partial charge in [0.2, 0.25) is 5.91 Å². The number of rotatable bonds is 54. The molecule has 0 saturated carbocycles. The first-order valence-electron chi connectivity index (χ1n) is 29.1. The van der Waals surface area contributed by atoms with Crippen molar-refractivity contribution < 1.29 is 20.1 Å². The van der Waals surface area contributed by atoms with Gasteiger partial charge in [0, 0.05) is 0 Å². The Labute approximate surface area is 401 Å². The van der Waals surface area contributed by atoms with E-state index < -0.39 is 18.2 Å². The molecule has 4 N–H and O–H groups in total. The Morgan fingerprint density at radius 1 is 0.391 bits per heavy atom. The van der Waals surface area contributed by atoms with Gasteiger partial charge in [-0.25, -0.2) is 0 Å². The fraction of sp³-hybridized carbons (Fsp3) is 0.915. The van der Waals surface area contributed by atoms with Crippen LogP contribution in [0.4, 0.5) is 0 Å². The quantitative estimate of drug-likeness (QED) is 0.0362. The van der Waals surface area contributed by atoms with Crippen molar-refractivity contribution in [2.75, 3.05) is 6.61 Å². The van der Waals surface area contributed by atoms with Gasteiger partial charge < -0.3 is 20.6 Å². The summed E-state index contributed by atoms with van der Waals surface area (Å²) in [5, 5.41) is 33.7. The number of carbonyl (C=O) groups is 1. The normalized spacial score (nSPS) is 13.4. The summed E-state index contributed by atoms with van der Waals surface area (Å²) in [6, 6.07) is -0.658. The molecule has 0 aromatic heterocycles. The topological polar surface area (TPSA) is 89.8 Å². The molecule has 0 spiro atoms. The van der Waals surface area contributed by atoms with Crippen LogP contribution in [0.5, 0.6) is 0 Å². The summed E-state index contributed by atoms with van der Waals surface area (Å²) < 4.78 is 0. The second-order valence-corrected chi connectivity index (χ2v) is 20.3. The third kappa shape index (κ3) is 50.2. The first kappa shape index (κ1) is 62.8. The van der Waals surface area contributed by atoms with Gasteiger partial charge in [-0.05, 0) is 44.9 Å². The SMILES string of the molecule is CCCCCCCCCCC/C=C\C/C=C\CCCCCCCCCCCCCCCC(O)CC(=O)NC(CO)C(O)CCCCCCCCCCCCCCCCCCCCCC. The van der Waals surface area contributed by atoms with E-state index in [9.17, 15) is 20.1 Å². The monoisotopic (exact) mass is 902 g/mol. The van der Waals surface area contributed by atoms with Crippen LogP contribution in [0.25, 0.3) is 0 Å². The lowest BCUT2D eigenvalue weighted by Crippen LogP contribution is -2.46. The number of allylic oxidation sites excluding steroid dienone is 4. The van der Waals surface area contributed by atoms with Crippen LogP contribution in [0, 0.1) is 0 Å². The largest absolute Gasteiger partial charge is 0.394 e. The lowest BCUT2D eigenvalue weighted by atomic mass is 10.0. The average molecular weight is 903 g/mol. The molecular weight excluding hydrogens is 787 g/mol. The van der Waals surface area contributed by atoms with E-state index in [2.05, 4.69) is 43.5 Å². The molecular formula is C59H115NO4. The summed E-state index contributed by atoms with van der Waals surface area (Å²) in [6.07, 6.45) is 69.1. The minimum absolute atomic E-state index is 0.0386. The third-order valence-electron chi connectivity index (χ3n) is 13.8. The zero-order chi connectivity index (χ0) is 46.5. The van der Waals surface area contributed by atoms with E-state index in [1.54, 1.807) is 0 Å². The molecule has 0 bridgehead atoms. The highest BCUT2D eigenvalue weighted by Gasteiger charge is 2.21. The molecule has 0 aromatic rings. The fourth-order valence-electron chi connectivity index (χ4n) is 9.32. The molecule has 0 aliphatic carbocycles. The molecule has 380 valence electrons. The van der Waals surface area contributed by atoms with Gasteiger partial charge in [-0.3, -0.25) is 4.79 Å². The molecule has 0 aliphatic heterocycles. The highest BCUT2D eigenvalue weighted by atomic mass is 16.3. The van der Waals surface area contributed by atoms with Gasteiger partial charge >= 0.3 is 0 Å². The number of amides is 1. The first-order chi connectivity index (χ1) is 31.5. The lowest BCUT2D eigenvalue weighted by Gasteiger charge is -2.23. The molecule has 0 aromatic carbocycles. The predicted molar refractivity (Wildman–Crippen MR) is 282 cm³/mol. The number of hydrogen-bond donors (Lipinski definition) is 4. The van der Waals surface area contributed by atoms with Crippen LogP contribution in [-0.4, -0.2) is 46.1 Å². The second kappa shape index (κ2) is 54.4. The molecule has 1 amide bonds. The van der Waals surface area contributed by atoms with Gasteiger partial charge in [-0.15, -0.1) is 0 Å². The van der Waals surface area contributed by atoms with Crippen LogP contribution >= 0.6 is 0 Å². The third-order valence-corrected chi connectivity index (χ3v) is 13.8. The molecule has 5 heteroatoms. The van der Waals surface area contributed by atoms with Crippen molar-refractivity contribution in [3.05, 3.63) is 24.3 Å². The van der Waals surface area contributed by atoms with Crippen molar-refractivity contribution in [1.29, 1.82) is 0 Å². The van der Waals surface area contributed by atoms with Crippen LogP contribution < -0.4 is 5.32 Å². The van der Waals surface area contributed by atoms with Crippen molar-refractivity contribution in [1.82, 2.24) is 5.32 Å². The van der Waals surface area contributed by atoms with E-state index >= 15 is 0 Å². The van der Waals surface area contributed by atoms with E-state index in [0.29, 0.717) is 12.8 Å². The number of unbranched alkanes of at least 4 members (excludes halogenated alkanes) is 41. The Morgan fingerprint density at radius 3 is 0.984 bits per heavy atom. The standard InChI is InChI=1S/C59H115NO4/c1-3-5-7-9-11-13-15-17-19-21-23-25-26-27-28-29-30-31-32-33-34-36-38-40-42-44-46-48-50-52-56(62)54-59(64)60-57(55-61)58(63)53-51-49-47-45-43-41-39-37-35-24-22-20-18-16-14-12-10-8-6-4-2/h23,25,27-28,56-58,61-63H,3-22,24,26,29-55H2,1-2H3,(H,60,64)/b25-23-,28-27-. The van der Waals surface area contributed by atoms with Crippen LogP contribution in [0.15, 0.2) is 24.3 Å². The average Bonchev–Trinajstić information content (AvgIpc) is 3.29. The Bertz CT molecular complexity index is 951. The first-order valence-corrected chi connectivity index (χ1v) is 29.1. The minimum Gasteiger partial charge on any atom is -0.394 e. The Morgan fingerprint density at radius 2 is 0.672 bits per heavy atom. The van der Waals surface area contributed by atoms with Crippen LogP contribution in [0.1, 0.15) is 322 Å². The lowest BCUT2D eigenvalue weighted by molar-refractivity contribution is -0.125. The van der Waals surface area contributed by atoms with E-state index in [1.807, 2.05) is 0 Å². The number of nitrogens with one attached hydrogen (secondary N) is 1. The van der Waals surface area contributed by atoms with Gasteiger partial charge in [-0.1, -0.05) is 295 Å². The van der Waals surface area contributed by atoms with Gasteiger partial charge in [0.25, 0.3) is 0 Å². The van der Waals surface area contributed by atoms with Crippen molar-refractivity contribution in [3.8, 4) is 0 Å². The van der Waals surface area contributed by atoms with Crippen molar-refractivity contribution in [2.45, 2.75) is 340 Å². The van der Waals surface area contributed by atoms with Gasteiger partial charge in [0.05, 0.1) is 31.3 Å². The zero-order valence-corrected chi connectivity index (χ0v) is 43.4. The maximum atomic E-state index is 12.5. The summed E-state index contributed by atoms with van der Waals surface area (Å²) in [5.41, 5.74) is 0. The van der Waals surface area contributed by atoms with E-state index in [4.69, 9.17) is 0 Å². The van der Waals surface area contributed by atoms with Gasteiger partial charge in [0.1, 0.15) is 0 Å². The van der Waals surface area contributed by atoms with E-state index in [-0.39, 0.29) is 18.9 Å². The number of hydrogen-bond acceptors (Lipinski definition) is 4. The summed E-state index contributed by atoms with van der Waals surface area (Å²) in [7, 11) is 0. The number of aliphatic hydroxyl groups excluding tert-OH is 3. The molecule has 0 rings (SSSR count). The molecule has 5 nitrogen and oxygen atoms in total. The summed E-state index contributed by atoms with van der Waals surface area (Å²) >= 11 is 0. The zero-order valence-electron chi connectivity index (χ0n) is 43.4. The molecule has 0 fully saturated rings. The molecule has 0 aliphatic rings. The van der Waals surface area contributed by atoms with Crippen molar-refractivity contribution in [3.63, 3.8) is 0 Å². The molecule has 0 saturated heterocycles.